The molecule has 1 aliphatic heterocycles. The zero-order chi connectivity index (χ0) is 19.0. The van der Waals surface area contributed by atoms with Gasteiger partial charge in [0.2, 0.25) is 0 Å². The average Bonchev–Trinajstić information content (AvgIpc) is 3.33. The molecular weight excluding hydrogens is 352 g/mol. The van der Waals surface area contributed by atoms with Crippen LogP contribution < -0.4 is 0 Å². The van der Waals surface area contributed by atoms with E-state index in [1.807, 2.05) is 0 Å². The maximum atomic E-state index is 13.2. The zero-order valence-electron chi connectivity index (χ0n) is 16.8. The summed E-state index contributed by atoms with van der Waals surface area (Å²) < 4.78 is 0. The van der Waals surface area contributed by atoms with Crippen LogP contribution in [0, 0.1) is 20.8 Å². The third kappa shape index (κ3) is 3.83. The van der Waals surface area contributed by atoms with E-state index in [-0.39, 0.29) is 5.91 Å². The molecular formula is C23H30N2OS. The van der Waals surface area contributed by atoms with Crippen molar-refractivity contribution in [3.8, 4) is 10.4 Å². The molecule has 0 unspecified atom stereocenters. The first-order valence-electron chi connectivity index (χ1n) is 10.2. The maximum absolute atomic E-state index is 13.2. The van der Waals surface area contributed by atoms with Gasteiger partial charge in [-0.3, -0.25) is 9.69 Å². The summed E-state index contributed by atoms with van der Waals surface area (Å²) in [5, 5.41) is 0. The van der Waals surface area contributed by atoms with Crippen LogP contribution in [0.3, 0.4) is 0 Å². The lowest BCUT2D eigenvalue weighted by atomic mass is 10.0. The Morgan fingerprint density at radius 2 is 1.67 bits per heavy atom. The van der Waals surface area contributed by atoms with Crippen LogP contribution in [-0.2, 0) is 0 Å². The molecule has 2 aliphatic rings. The smallest absolute Gasteiger partial charge is 0.264 e. The quantitative estimate of drug-likeness (QED) is 0.742. The maximum Gasteiger partial charge on any atom is 0.264 e. The Kier molecular flexibility index (Phi) is 5.38. The molecule has 27 heavy (non-hydrogen) atoms. The fourth-order valence-corrected chi connectivity index (χ4v) is 5.75. The van der Waals surface area contributed by atoms with Crippen molar-refractivity contribution in [2.24, 2.45) is 0 Å². The van der Waals surface area contributed by atoms with Crippen LogP contribution >= 0.6 is 11.3 Å². The van der Waals surface area contributed by atoms with Crippen LogP contribution in [-0.4, -0.2) is 47.9 Å². The van der Waals surface area contributed by atoms with Crippen LogP contribution in [0.2, 0.25) is 0 Å². The molecule has 144 valence electrons. The van der Waals surface area contributed by atoms with E-state index < -0.39 is 0 Å². The number of piperazine rings is 1. The number of nitrogens with zero attached hydrogens (tertiary/aromatic N) is 2. The molecule has 2 fully saturated rings. The Labute approximate surface area is 167 Å². The van der Waals surface area contributed by atoms with E-state index in [2.05, 4.69) is 54.8 Å². The number of benzene rings is 1. The highest BCUT2D eigenvalue weighted by atomic mass is 32.1. The Morgan fingerprint density at radius 1 is 0.963 bits per heavy atom. The second kappa shape index (κ2) is 7.76. The number of carbonyl (C=O) groups excluding carboxylic acids is 1. The average molecular weight is 383 g/mol. The summed E-state index contributed by atoms with van der Waals surface area (Å²) in [6.07, 6.45) is 5.44. The number of carbonyl (C=O) groups is 1. The highest BCUT2D eigenvalue weighted by Gasteiger charge is 2.29. The van der Waals surface area contributed by atoms with Gasteiger partial charge >= 0.3 is 0 Å². The summed E-state index contributed by atoms with van der Waals surface area (Å²) in [6.45, 7) is 10.1. The van der Waals surface area contributed by atoms with Crippen molar-refractivity contribution in [1.82, 2.24) is 9.80 Å². The zero-order valence-corrected chi connectivity index (χ0v) is 17.6. The number of amides is 1. The van der Waals surface area contributed by atoms with Crippen molar-refractivity contribution in [3.05, 3.63) is 45.8 Å². The summed E-state index contributed by atoms with van der Waals surface area (Å²) in [6, 6.07) is 9.50. The minimum atomic E-state index is 0.222. The third-order valence-electron chi connectivity index (χ3n) is 6.21. The van der Waals surface area contributed by atoms with Crippen molar-refractivity contribution >= 4 is 17.2 Å². The molecule has 1 aromatic carbocycles. The number of hydrogen-bond acceptors (Lipinski definition) is 3. The van der Waals surface area contributed by atoms with Gasteiger partial charge in [-0.15, -0.1) is 11.3 Å². The van der Waals surface area contributed by atoms with Gasteiger partial charge in [0, 0.05) is 37.1 Å². The van der Waals surface area contributed by atoms with Crippen LogP contribution in [0.1, 0.15) is 52.0 Å². The first-order valence-corrected chi connectivity index (χ1v) is 11.1. The van der Waals surface area contributed by atoms with Gasteiger partial charge in [0.15, 0.2) is 0 Å². The fraction of sp³-hybridized carbons (Fsp3) is 0.522. The van der Waals surface area contributed by atoms with Crippen molar-refractivity contribution in [3.63, 3.8) is 0 Å². The van der Waals surface area contributed by atoms with Gasteiger partial charge in [-0.25, -0.2) is 0 Å². The van der Waals surface area contributed by atoms with E-state index in [1.165, 1.54) is 47.3 Å². The van der Waals surface area contributed by atoms with E-state index in [0.29, 0.717) is 0 Å². The highest BCUT2D eigenvalue weighted by molar-refractivity contribution is 7.17. The second-order valence-electron chi connectivity index (χ2n) is 8.21. The first kappa shape index (κ1) is 18.7. The predicted molar refractivity (Wildman–Crippen MR) is 114 cm³/mol. The Bertz CT molecular complexity index is 827. The second-order valence-corrected chi connectivity index (χ2v) is 9.26. The molecule has 0 atom stereocenters. The molecule has 0 spiro atoms. The van der Waals surface area contributed by atoms with Crippen LogP contribution in [0.4, 0.5) is 0 Å². The molecule has 1 amide bonds. The van der Waals surface area contributed by atoms with E-state index in [1.54, 1.807) is 11.3 Å². The minimum Gasteiger partial charge on any atom is -0.335 e. The van der Waals surface area contributed by atoms with Gasteiger partial charge < -0.3 is 4.90 Å². The number of thiophene rings is 1. The summed E-state index contributed by atoms with van der Waals surface area (Å²) in [5.74, 6) is 0.222. The van der Waals surface area contributed by atoms with E-state index in [0.717, 1.165) is 42.7 Å². The van der Waals surface area contributed by atoms with E-state index >= 15 is 0 Å². The van der Waals surface area contributed by atoms with Crippen LogP contribution in [0.15, 0.2) is 24.3 Å². The lowest BCUT2D eigenvalue weighted by molar-refractivity contribution is 0.0577. The molecule has 0 bridgehead atoms. The number of aryl methyl sites for hydroxylation is 3. The molecule has 1 aromatic heterocycles. The first-order chi connectivity index (χ1) is 13.0. The lowest BCUT2D eigenvalue weighted by Gasteiger charge is -2.38. The van der Waals surface area contributed by atoms with Crippen molar-refractivity contribution < 1.29 is 4.79 Å². The van der Waals surface area contributed by atoms with Gasteiger partial charge in [0.25, 0.3) is 5.91 Å². The Balaban J connectivity index is 1.48. The molecule has 2 aromatic rings. The molecule has 1 aliphatic carbocycles. The molecule has 1 saturated carbocycles. The highest BCUT2D eigenvalue weighted by Crippen LogP contribution is 2.34. The largest absolute Gasteiger partial charge is 0.335 e. The van der Waals surface area contributed by atoms with Crippen molar-refractivity contribution in [2.75, 3.05) is 26.2 Å². The van der Waals surface area contributed by atoms with Crippen LogP contribution in [0.5, 0.6) is 0 Å². The molecule has 0 radical (unpaired) electrons. The Morgan fingerprint density at radius 3 is 2.37 bits per heavy atom. The molecule has 3 nitrogen and oxygen atoms in total. The van der Waals surface area contributed by atoms with Gasteiger partial charge in [-0.1, -0.05) is 36.6 Å². The van der Waals surface area contributed by atoms with Crippen molar-refractivity contribution in [1.29, 1.82) is 0 Å². The summed E-state index contributed by atoms with van der Waals surface area (Å²) in [4.78, 5) is 20.0. The number of rotatable bonds is 3. The van der Waals surface area contributed by atoms with Crippen LogP contribution in [0.25, 0.3) is 10.4 Å². The third-order valence-corrected chi connectivity index (χ3v) is 7.47. The fourth-order valence-electron chi connectivity index (χ4n) is 4.53. The van der Waals surface area contributed by atoms with Gasteiger partial charge in [-0.2, -0.15) is 0 Å². The standard InChI is InChI=1S/C23H30N2OS/c1-16-8-9-17(2)20(14-16)21-15-18(3)22(27-21)23(26)25-12-10-24(11-13-25)19-6-4-5-7-19/h8-9,14-15,19H,4-7,10-13H2,1-3H3. The summed E-state index contributed by atoms with van der Waals surface area (Å²) in [5.41, 5.74) is 4.90. The lowest BCUT2D eigenvalue weighted by Crippen LogP contribution is -2.51. The number of hydrogen-bond donors (Lipinski definition) is 0. The van der Waals surface area contributed by atoms with Gasteiger partial charge in [-0.05, 0) is 56.4 Å². The molecule has 0 N–H and O–H groups in total. The predicted octanol–water partition coefficient (Wildman–Crippen LogP) is 5.04. The van der Waals surface area contributed by atoms with Gasteiger partial charge in [0.1, 0.15) is 0 Å². The van der Waals surface area contributed by atoms with Crippen molar-refractivity contribution in [2.45, 2.75) is 52.5 Å². The van der Waals surface area contributed by atoms with E-state index in [4.69, 9.17) is 0 Å². The Hall–Kier alpha value is -1.65. The topological polar surface area (TPSA) is 23.6 Å². The monoisotopic (exact) mass is 382 g/mol. The molecule has 1 saturated heterocycles. The normalized spacial score (nSPS) is 19.0. The van der Waals surface area contributed by atoms with E-state index in [9.17, 15) is 4.79 Å². The molecule has 2 heterocycles. The SMILES string of the molecule is Cc1ccc(C)c(-c2cc(C)c(C(=O)N3CCN(C4CCCC4)CC3)s2)c1. The summed E-state index contributed by atoms with van der Waals surface area (Å²) >= 11 is 1.66. The summed E-state index contributed by atoms with van der Waals surface area (Å²) in [7, 11) is 0. The molecule has 4 heteroatoms. The molecule has 4 rings (SSSR count). The minimum absolute atomic E-state index is 0.222. The van der Waals surface area contributed by atoms with Gasteiger partial charge in [0.05, 0.1) is 4.88 Å².